The van der Waals surface area contributed by atoms with E-state index in [1.807, 2.05) is 12.1 Å². The van der Waals surface area contributed by atoms with Crippen LogP contribution in [-0.4, -0.2) is 34.1 Å². The zero-order valence-electron chi connectivity index (χ0n) is 11.3. The lowest BCUT2D eigenvalue weighted by Crippen LogP contribution is -2.32. The summed E-state index contributed by atoms with van der Waals surface area (Å²) in [6.45, 7) is 0.796. The van der Waals surface area contributed by atoms with Crippen LogP contribution in [0.25, 0.3) is 0 Å². The molecule has 1 aromatic carbocycles. The highest BCUT2D eigenvalue weighted by Crippen LogP contribution is 2.22. The highest BCUT2D eigenvalue weighted by molar-refractivity contribution is 5.80. The number of carbonyl (C=O) groups is 1. The van der Waals surface area contributed by atoms with Crippen molar-refractivity contribution in [1.82, 2.24) is 4.90 Å². The number of hydrogen-bond acceptors (Lipinski definition) is 4. The van der Waals surface area contributed by atoms with Crippen molar-refractivity contribution in [2.24, 2.45) is 0 Å². The second-order valence-electron chi connectivity index (χ2n) is 4.92. The largest absolute Gasteiger partial charge is 0.392 e. The number of fused-ring (bicyclic) bond motifs is 1. The zero-order valence-corrected chi connectivity index (χ0v) is 11.3. The highest BCUT2D eigenvalue weighted by Gasteiger charge is 2.21. The highest BCUT2D eigenvalue weighted by atomic mass is 16.3. The molecule has 0 radical (unpaired) electrons. The van der Waals surface area contributed by atoms with Crippen molar-refractivity contribution < 1.29 is 15.0 Å². The summed E-state index contributed by atoms with van der Waals surface area (Å²) in [4.78, 5) is 13.9. The van der Waals surface area contributed by atoms with E-state index in [1.54, 1.807) is 4.90 Å². The van der Waals surface area contributed by atoms with Crippen LogP contribution in [0.15, 0.2) is 12.1 Å². The number of aliphatic hydroxyl groups excluding tert-OH is 2. The maximum absolute atomic E-state index is 12.1. The summed E-state index contributed by atoms with van der Waals surface area (Å²) >= 11 is 0. The van der Waals surface area contributed by atoms with Crippen LogP contribution in [0.3, 0.4) is 0 Å². The van der Waals surface area contributed by atoms with E-state index < -0.39 is 0 Å². The summed E-state index contributed by atoms with van der Waals surface area (Å²) < 4.78 is 0. The monoisotopic (exact) mass is 274 g/mol. The van der Waals surface area contributed by atoms with Gasteiger partial charge in [-0.2, -0.15) is 5.26 Å². The molecule has 0 unspecified atom stereocenters. The van der Waals surface area contributed by atoms with Gasteiger partial charge in [0.2, 0.25) is 5.91 Å². The first-order valence-corrected chi connectivity index (χ1v) is 6.69. The van der Waals surface area contributed by atoms with E-state index in [9.17, 15) is 15.0 Å². The minimum absolute atomic E-state index is 0.0136. The molecule has 0 saturated heterocycles. The quantitative estimate of drug-likeness (QED) is 0.838. The topological polar surface area (TPSA) is 84.6 Å². The lowest BCUT2D eigenvalue weighted by molar-refractivity contribution is -0.130. The van der Waals surface area contributed by atoms with Crippen LogP contribution in [0.1, 0.15) is 28.7 Å². The second kappa shape index (κ2) is 6.51. The molecule has 0 atom stereocenters. The zero-order chi connectivity index (χ0) is 14.5. The van der Waals surface area contributed by atoms with Gasteiger partial charge < -0.3 is 15.1 Å². The summed E-state index contributed by atoms with van der Waals surface area (Å²) in [7, 11) is 0. The molecule has 1 heterocycles. The fourth-order valence-electron chi connectivity index (χ4n) is 2.56. The first-order chi connectivity index (χ1) is 9.69. The summed E-state index contributed by atoms with van der Waals surface area (Å²) in [5.74, 6) is 0.0136. The molecule has 0 aliphatic carbocycles. The number of amides is 1. The standard InChI is InChI=1S/C15H18N2O3/c16-3-1-4-17-5-2-11-6-13(9-18)14(10-19)7-12(11)8-15(17)20/h6-7,18-19H,1-2,4-5,8-10H2. The van der Waals surface area contributed by atoms with Gasteiger partial charge in [-0.3, -0.25) is 4.79 Å². The van der Waals surface area contributed by atoms with E-state index in [0.29, 0.717) is 43.5 Å². The van der Waals surface area contributed by atoms with Gasteiger partial charge in [-0.25, -0.2) is 0 Å². The van der Waals surface area contributed by atoms with Crippen LogP contribution >= 0.6 is 0 Å². The number of hydrogen-bond donors (Lipinski definition) is 2. The van der Waals surface area contributed by atoms with E-state index >= 15 is 0 Å². The Hall–Kier alpha value is -1.90. The third kappa shape index (κ3) is 2.98. The van der Waals surface area contributed by atoms with Gasteiger partial charge in [-0.15, -0.1) is 0 Å². The lowest BCUT2D eigenvalue weighted by Gasteiger charge is -2.18. The first kappa shape index (κ1) is 14.5. The summed E-state index contributed by atoms with van der Waals surface area (Å²) in [5, 5.41) is 27.3. The number of rotatable bonds is 4. The molecule has 1 aliphatic rings. The fourth-order valence-corrected chi connectivity index (χ4v) is 2.56. The Morgan fingerprint density at radius 2 is 1.85 bits per heavy atom. The number of aliphatic hydroxyl groups is 2. The molecule has 0 spiro atoms. The minimum atomic E-state index is -0.143. The van der Waals surface area contributed by atoms with Crippen LogP contribution in [0.5, 0.6) is 0 Å². The Balaban J connectivity index is 2.26. The molecule has 0 saturated carbocycles. The van der Waals surface area contributed by atoms with Gasteiger partial charge in [0.15, 0.2) is 0 Å². The van der Waals surface area contributed by atoms with Gasteiger partial charge in [0.05, 0.1) is 32.1 Å². The van der Waals surface area contributed by atoms with E-state index in [2.05, 4.69) is 6.07 Å². The third-order valence-electron chi connectivity index (χ3n) is 3.70. The summed E-state index contributed by atoms with van der Waals surface area (Å²) in [6, 6.07) is 5.74. The Bertz CT molecular complexity index is 549. The maximum Gasteiger partial charge on any atom is 0.227 e. The van der Waals surface area contributed by atoms with Gasteiger partial charge in [0.25, 0.3) is 0 Å². The summed E-state index contributed by atoms with van der Waals surface area (Å²) in [5.41, 5.74) is 3.34. The van der Waals surface area contributed by atoms with Crippen molar-refractivity contribution in [2.45, 2.75) is 32.5 Å². The maximum atomic E-state index is 12.1. The van der Waals surface area contributed by atoms with Crippen molar-refractivity contribution in [1.29, 1.82) is 5.26 Å². The second-order valence-corrected chi connectivity index (χ2v) is 4.92. The smallest absolute Gasteiger partial charge is 0.227 e. The Kier molecular flexibility index (Phi) is 4.72. The molecule has 0 fully saturated rings. The SMILES string of the molecule is N#CCCN1CCc2cc(CO)c(CO)cc2CC1=O. The normalized spacial score (nSPS) is 14.7. The average Bonchev–Trinajstić information content (AvgIpc) is 2.61. The molecular weight excluding hydrogens is 256 g/mol. The van der Waals surface area contributed by atoms with Crippen LogP contribution in [-0.2, 0) is 30.8 Å². The minimum Gasteiger partial charge on any atom is -0.392 e. The number of nitrogens with zero attached hydrogens (tertiary/aromatic N) is 2. The van der Waals surface area contributed by atoms with Crippen molar-refractivity contribution >= 4 is 5.91 Å². The molecule has 1 amide bonds. The first-order valence-electron chi connectivity index (χ1n) is 6.69. The summed E-state index contributed by atoms with van der Waals surface area (Å²) in [6.07, 6.45) is 1.34. The van der Waals surface area contributed by atoms with Gasteiger partial charge in [-0.1, -0.05) is 12.1 Å². The van der Waals surface area contributed by atoms with Gasteiger partial charge in [0, 0.05) is 13.1 Å². The van der Waals surface area contributed by atoms with E-state index in [0.717, 1.165) is 11.1 Å². The number of benzene rings is 1. The Labute approximate surface area is 118 Å². The molecule has 5 nitrogen and oxygen atoms in total. The van der Waals surface area contributed by atoms with Gasteiger partial charge in [-0.05, 0) is 28.7 Å². The molecule has 1 aliphatic heterocycles. The van der Waals surface area contributed by atoms with E-state index in [-0.39, 0.29) is 19.1 Å². The van der Waals surface area contributed by atoms with Gasteiger partial charge in [0.1, 0.15) is 0 Å². The van der Waals surface area contributed by atoms with Crippen LogP contribution in [0, 0.1) is 11.3 Å². The predicted octanol–water partition coefficient (Wildman–Crippen LogP) is 0.512. The van der Waals surface area contributed by atoms with E-state index in [1.165, 1.54) is 0 Å². The molecule has 5 heteroatoms. The number of carbonyl (C=O) groups excluding carboxylic acids is 1. The lowest BCUT2D eigenvalue weighted by atomic mass is 9.96. The molecule has 20 heavy (non-hydrogen) atoms. The Morgan fingerprint density at radius 1 is 1.20 bits per heavy atom. The Morgan fingerprint density at radius 3 is 2.45 bits per heavy atom. The van der Waals surface area contributed by atoms with Crippen molar-refractivity contribution in [3.8, 4) is 6.07 Å². The van der Waals surface area contributed by atoms with Crippen molar-refractivity contribution in [2.75, 3.05) is 13.1 Å². The van der Waals surface area contributed by atoms with Crippen molar-refractivity contribution in [3.05, 3.63) is 34.4 Å². The molecule has 1 aromatic rings. The van der Waals surface area contributed by atoms with E-state index in [4.69, 9.17) is 5.26 Å². The van der Waals surface area contributed by atoms with Crippen LogP contribution < -0.4 is 0 Å². The predicted molar refractivity (Wildman–Crippen MR) is 72.5 cm³/mol. The third-order valence-corrected chi connectivity index (χ3v) is 3.70. The molecule has 2 N–H and O–H groups in total. The molecular formula is C15H18N2O3. The average molecular weight is 274 g/mol. The fraction of sp³-hybridized carbons (Fsp3) is 0.467. The van der Waals surface area contributed by atoms with Crippen LogP contribution in [0.2, 0.25) is 0 Å². The molecule has 106 valence electrons. The number of nitriles is 1. The molecule has 2 rings (SSSR count). The molecule has 0 aromatic heterocycles. The molecule has 0 bridgehead atoms. The van der Waals surface area contributed by atoms with Crippen molar-refractivity contribution in [3.63, 3.8) is 0 Å². The van der Waals surface area contributed by atoms with Gasteiger partial charge >= 0.3 is 0 Å². The van der Waals surface area contributed by atoms with Crippen LogP contribution in [0.4, 0.5) is 0 Å².